The molecular formula is C23H22F2N2O5. The monoisotopic (exact) mass is 444 g/mol. The number of likely N-dealkylation sites (tertiary alicyclic amines) is 1. The number of carbonyl (C=O) groups excluding carboxylic acids is 2. The van der Waals surface area contributed by atoms with E-state index in [1.165, 1.54) is 6.92 Å². The normalized spacial score (nSPS) is 19.7. The molecule has 2 atom stereocenters. The Morgan fingerprint density at radius 3 is 2.25 bits per heavy atom. The number of nitrogens with one attached hydrogen (secondary N) is 1. The van der Waals surface area contributed by atoms with Crippen molar-refractivity contribution in [2.24, 2.45) is 0 Å². The van der Waals surface area contributed by atoms with Crippen LogP contribution in [-0.4, -0.2) is 59.1 Å². The minimum atomic E-state index is -3.29. The molecule has 1 aliphatic carbocycles. The van der Waals surface area contributed by atoms with E-state index in [2.05, 4.69) is 5.32 Å². The lowest BCUT2D eigenvalue weighted by Crippen LogP contribution is -2.50. The Bertz CT molecular complexity index is 1030. The first-order valence-corrected chi connectivity index (χ1v) is 10.2. The maximum Gasteiger partial charge on any atom is 0.407 e. The molecule has 1 unspecified atom stereocenters. The number of carboxylic acids is 1. The third-order valence-corrected chi connectivity index (χ3v) is 5.89. The quantitative estimate of drug-likeness (QED) is 0.738. The summed E-state index contributed by atoms with van der Waals surface area (Å²) in [5.41, 5.74) is 4.18. The van der Waals surface area contributed by atoms with E-state index in [1.54, 1.807) is 0 Å². The predicted octanol–water partition coefficient (Wildman–Crippen LogP) is 3.23. The Hall–Kier alpha value is -3.49. The van der Waals surface area contributed by atoms with Gasteiger partial charge in [-0.1, -0.05) is 48.5 Å². The number of amides is 2. The van der Waals surface area contributed by atoms with Gasteiger partial charge in [0.1, 0.15) is 18.7 Å². The second-order valence-corrected chi connectivity index (χ2v) is 8.07. The van der Waals surface area contributed by atoms with Crippen molar-refractivity contribution in [3.63, 3.8) is 0 Å². The van der Waals surface area contributed by atoms with Gasteiger partial charge in [-0.25, -0.2) is 18.4 Å². The second kappa shape index (κ2) is 8.22. The highest BCUT2D eigenvalue weighted by molar-refractivity contribution is 5.89. The molecule has 7 nitrogen and oxygen atoms in total. The molecule has 0 radical (unpaired) electrons. The van der Waals surface area contributed by atoms with Crippen LogP contribution in [0.5, 0.6) is 0 Å². The molecule has 1 heterocycles. The maximum absolute atomic E-state index is 13.7. The maximum atomic E-state index is 13.7. The highest BCUT2D eigenvalue weighted by Crippen LogP contribution is 2.44. The van der Waals surface area contributed by atoms with E-state index in [0.717, 1.165) is 22.3 Å². The summed E-state index contributed by atoms with van der Waals surface area (Å²) >= 11 is 0. The highest BCUT2D eigenvalue weighted by atomic mass is 19.3. The lowest BCUT2D eigenvalue weighted by atomic mass is 9.98. The van der Waals surface area contributed by atoms with Crippen LogP contribution in [0.15, 0.2) is 48.5 Å². The standard InChI is InChI=1S/C23H22F2N2O5/c1-13(20(28)27-12-23(24,25)10-19(27)21(29)30)26-22(31)32-11-18-16-8-4-2-6-14(16)15-7-3-5-9-17(15)18/h2-9,13,18-19H,10-12H2,1H3,(H,26,31)(H,29,30)/t13?,19-/m1/s1. The average molecular weight is 444 g/mol. The smallest absolute Gasteiger partial charge is 0.407 e. The first kappa shape index (κ1) is 21.7. The van der Waals surface area contributed by atoms with Crippen molar-refractivity contribution in [3.8, 4) is 11.1 Å². The highest BCUT2D eigenvalue weighted by Gasteiger charge is 2.50. The summed E-state index contributed by atoms with van der Waals surface area (Å²) in [5, 5.41) is 11.5. The number of nitrogens with zero attached hydrogens (tertiary/aromatic N) is 1. The molecule has 2 aromatic rings. The number of hydrogen-bond acceptors (Lipinski definition) is 4. The Morgan fingerprint density at radius 1 is 1.12 bits per heavy atom. The van der Waals surface area contributed by atoms with Gasteiger partial charge in [0.05, 0.1) is 6.54 Å². The van der Waals surface area contributed by atoms with Crippen LogP contribution in [0, 0.1) is 0 Å². The van der Waals surface area contributed by atoms with Gasteiger partial charge in [0.25, 0.3) is 5.92 Å². The first-order chi connectivity index (χ1) is 15.2. The minimum Gasteiger partial charge on any atom is -0.480 e. The summed E-state index contributed by atoms with van der Waals surface area (Å²) in [6.07, 6.45) is -1.84. The summed E-state index contributed by atoms with van der Waals surface area (Å²) in [4.78, 5) is 36.7. The molecule has 1 aliphatic heterocycles. The van der Waals surface area contributed by atoms with Gasteiger partial charge in [0.15, 0.2) is 0 Å². The molecule has 1 fully saturated rings. The first-order valence-electron chi connectivity index (χ1n) is 10.2. The average Bonchev–Trinajstić information content (AvgIpc) is 3.26. The van der Waals surface area contributed by atoms with Crippen LogP contribution < -0.4 is 5.32 Å². The summed E-state index contributed by atoms with van der Waals surface area (Å²) in [5.74, 6) is -5.87. The molecule has 0 saturated carbocycles. The molecule has 1 saturated heterocycles. The Balaban J connectivity index is 1.39. The number of hydrogen-bond donors (Lipinski definition) is 2. The molecular weight excluding hydrogens is 422 g/mol. The fourth-order valence-corrected chi connectivity index (χ4v) is 4.40. The zero-order chi connectivity index (χ0) is 23.0. The summed E-state index contributed by atoms with van der Waals surface area (Å²) in [6, 6.07) is 12.8. The van der Waals surface area contributed by atoms with Crippen LogP contribution in [0.1, 0.15) is 30.4 Å². The van der Waals surface area contributed by atoms with E-state index in [9.17, 15) is 23.2 Å². The SMILES string of the molecule is CC(NC(=O)OCC1c2ccccc2-c2ccccc21)C(=O)N1CC(F)(F)C[C@@H]1C(=O)O. The Labute approximate surface area is 183 Å². The van der Waals surface area contributed by atoms with Crippen molar-refractivity contribution >= 4 is 18.0 Å². The Morgan fingerprint density at radius 2 is 1.69 bits per heavy atom. The van der Waals surface area contributed by atoms with Gasteiger partial charge in [0.2, 0.25) is 5.91 Å². The van der Waals surface area contributed by atoms with Gasteiger partial charge >= 0.3 is 12.1 Å². The lowest BCUT2D eigenvalue weighted by molar-refractivity contribution is -0.148. The fraction of sp³-hybridized carbons (Fsp3) is 0.348. The van der Waals surface area contributed by atoms with E-state index in [0.29, 0.717) is 4.90 Å². The number of fused-ring (bicyclic) bond motifs is 3. The van der Waals surface area contributed by atoms with E-state index < -0.39 is 48.9 Å². The van der Waals surface area contributed by atoms with Gasteiger partial charge in [-0.2, -0.15) is 0 Å². The van der Waals surface area contributed by atoms with E-state index >= 15 is 0 Å². The van der Waals surface area contributed by atoms with Crippen LogP contribution >= 0.6 is 0 Å². The van der Waals surface area contributed by atoms with Crippen LogP contribution in [0.4, 0.5) is 13.6 Å². The summed E-state index contributed by atoms with van der Waals surface area (Å²) in [6.45, 7) is 0.332. The number of carboxylic acid groups (broad SMARTS) is 1. The number of benzene rings is 2. The number of ether oxygens (including phenoxy) is 1. The van der Waals surface area contributed by atoms with Gasteiger partial charge in [-0.15, -0.1) is 0 Å². The summed E-state index contributed by atoms with van der Waals surface area (Å²) < 4.78 is 32.7. The molecule has 2 amide bonds. The molecule has 4 rings (SSSR count). The van der Waals surface area contributed by atoms with Crippen molar-refractivity contribution < 1.29 is 33.0 Å². The van der Waals surface area contributed by atoms with Crippen LogP contribution in [0.25, 0.3) is 11.1 Å². The number of carbonyl (C=O) groups is 3. The minimum absolute atomic E-state index is 0.0281. The molecule has 2 N–H and O–H groups in total. The van der Waals surface area contributed by atoms with Crippen LogP contribution in [0.2, 0.25) is 0 Å². The zero-order valence-corrected chi connectivity index (χ0v) is 17.3. The lowest BCUT2D eigenvalue weighted by Gasteiger charge is -2.25. The number of alkyl carbamates (subject to hydrolysis) is 1. The van der Waals surface area contributed by atoms with Crippen molar-refractivity contribution in [2.75, 3.05) is 13.2 Å². The number of halogens is 2. The van der Waals surface area contributed by atoms with E-state index in [-0.39, 0.29) is 12.5 Å². The molecule has 9 heteroatoms. The number of alkyl halides is 2. The molecule has 168 valence electrons. The molecule has 2 aromatic carbocycles. The zero-order valence-electron chi connectivity index (χ0n) is 17.3. The molecule has 32 heavy (non-hydrogen) atoms. The number of rotatable bonds is 5. The second-order valence-electron chi connectivity index (χ2n) is 8.07. The van der Waals surface area contributed by atoms with Gasteiger partial charge in [-0.05, 0) is 29.2 Å². The van der Waals surface area contributed by atoms with Crippen molar-refractivity contribution in [3.05, 3.63) is 59.7 Å². The predicted molar refractivity (Wildman–Crippen MR) is 110 cm³/mol. The summed E-state index contributed by atoms with van der Waals surface area (Å²) in [7, 11) is 0. The van der Waals surface area contributed by atoms with Crippen LogP contribution in [0.3, 0.4) is 0 Å². The van der Waals surface area contributed by atoms with Crippen molar-refractivity contribution in [1.82, 2.24) is 10.2 Å². The third-order valence-electron chi connectivity index (χ3n) is 5.89. The molecule has 0 spiro atoms. The van der Waals surface area contributed by atoms with Crippen molar-refractivity contribution in [2.45, 2.75) is 37.3 Å². The topological polar surface area (TPSA) is 95.9 Å². The van der Waals surface area contributed by atoms with E-state index in [1.807, 2.05) is 48.5 Å². The van der Waals surface area contributed by atoms with Crippen molar-refractivity contribution in [1.29, 1.82) is 0 Å². The number of aliphatic carboxylic acids is 1. The molecule has 0 aromatic heterocycles. The largest absolute Gasteiger partial charge is 0.480 e. The third kappa shape index (κ3) is 4.02. The van der Waals surface area contributed by atoms with Gasteiger partial charge in [-0.3, -0.25) is 4.79 Å². The van der Waals surface area contributed by atoms with Gasteiger partial charge in [0, 0.05) is 12.3 Å². The van der Waals surface area contributed by atoms with Crippen LogP contribution in [-0.2, 0) is 14.3 Å². The molecule has 0 bridgehead atoms. The fourth-order valence-electron chi connectivity index (χ4n) is 4.40. The van der Waals surface area contributed by atoms with E-state index in [4.69, 9.17) is 9.84 Å². The van der Waals surface area contributed by atoms with Gasteiger partial charge < -0.3 is 20.1 Å². The Kier molecular flexibility index (Phi) is 5.58. The molecule has 2 aliphatic rings.